The number of alkyl halides is 3. The first-order chi connectivity index (χ1) is 10.9. The smallest absolute Gasteiger partial charge is 0.206 e. The minimum atomic E-state index is -4.78. The zero-order chi connectivity index (χ0) is 16.6. The molecule has 0 N–H and O–H groups in total. The summed E-state index contributed by atoms with van der Waals surface area (Å²) in [6.07, 6.45) is -4.78. The van der Waals surface area contributed by atoms with E-state index in [-0.39, 0.29) is 11.3 Å². The molecule has 0 fully saturated rings. The molecule has 0 aliphatic rings. The van der Waals surface area contributed by atoms with Crippen molar-refractivity contribution >= 4 is 11.6 Å². The molecule has 118 valence electrons. The average molecular weight is 341 g/mol. The third-order valence-electron chi connectivity index (χ3n) is 3.23. The van der Waals surface area contributed by atoms with Crippen LogP contribution in [0.3, 0.4) is 0 Å². The molecule has 0 spiro atoms. The molecule has 23 heavy (non-hydrogen) atoms. The molecule has 0 aliphatic heterocycles. The van der Waals surface area contributed by atoms with E-state index in [1.807, 2.05) is 0 Å². The van der Waals surface area contributed by atoms with Crippen LogP contribution in [0.2, 0.25) is 5.02 Å². The summed E-state index contributed by atoms with van der Waals surface area (Å²) in [7, 11) is 0. The summed E-state index contributed by atoms with van der Waals surface area (Å²) in [5, 5.41) is 3.78. The van der Waals surface area contributed by atoms with Gasteiger partial charge in [0, 0.05) is 5.02 Å². The van der Waals surface area contributed by atoms with Crippen LogP contribution in [0.1, 0.15) is 5.69 Å². The molecule has 0 bridgehead atoms. The fourth-order valence-electron chi connectivity index (χ4n) is 2.21. The lowest BCUT2D eigenvalue weighted by Crippen LogP contribution is -2.08. The molecule has 0 atom stereocenters. The van der Waals surface area contributed by atoms with Gasteiger partial charge in [-0.3, -0.25) is 0 Å². The van der Waals surface area contributed by atoms with E-state index in [0.29, 0.717) is 9.70 Å². The van der Waals surface area contributed by atoms with E-state index in [0.717, 1.165) is 0 Å². The summed E-state index contributed by atoms with van der Waals surface area (Å²) in [6, 6.07) is 13.3. The monoisotopic (exact) mass is 340 g/mol. The van der Waals surface area contributed by atoms with Crippen molar-refractivity contribution in [3.63, 3.8) is 0 Å². The summed E-state index contributed by atoms with van der Waals surface area (Å²) >= 11 is 5.73. The Kier molecular flexibility index (Phi) is 3.85. The van der Waals surface area contributed by atoms with Crippen molar-refractivity contribution in [3.05, 3.63) is 71.3 Å². The maximum absolute atomic E-state index is 14.7. The van der Waals surface area contributed by atoms with Gasteiger partial charge in [0.15, 0.2) is 5.69 Å². The lowest BCUT2D eigenvalue weighted by Gasteiger charge is -2.06. The van der Waals surface area contributed by atoms with Crippen LogP contribution in [0.25, 0.3) is 16.8 Å². The van der Waals surface area contributed by atoms with Crippen LogP contribution >= 0.6 is 11.6 Å². The van der Waals surface area contributed by atoms with Crippen LogP contribution in [0.4, 0.5) is 17.6 Å². The third kappa shape index (κ3) is 2.94. The summed E-state index contributed by atoms with van der Waals surface area (Å²) in [5.74, 6) is -1.08. The molecular formula is C16H9ClF4N2. The largest absolute Gasteiger partial charge is 0.435 e. The van der Waals surface area contributed by atoms with Gasteiger partial charge in [-0.2, -0.15) is 22.7 Å². The van der Waals surface area contributed by atoms with Crippen molar-refractivity contribution in [2.24, 2.45) is 0 Å². The lowest BCUT2D eigenvalue weighted by molar-refractivity contribution is -0.140. The SMILES string of the molecule is Fc1c(-c2ccc(Cl)cc2)c(C(F)(F)F)nn1-c1ccccc1. The number of rotatable bonds is 2. The summed E-state index contributed by atoms with van der Waals surface area (Å²) in [4.78, 5) is 0. The van der Waals surface area contributed by atoms with Crippen LogP contribution in [0.5, 0.6) is 0 Å². The van der Waals surface area contributed by atoms with Crippen molar-refractivity contribution < 1.29 is 17.6 Å². The second-order valence-corrected chi connectivity index (χ2v) is 5.20. The normalized spacial score (nSPS) is 11.7. The number of aromatic nitrogens is 2. The molecule has 0 amide bonds. The van der Waals surface area contributed by atoms with Gasteiger partial charge in [0.25, 0.3) is 0 Å². The van der Waals surface area contributed by atoms with Gasteiger partial charge in [-0.05, 0) is 29.8 Å². The Morgan fingerprint density at radius 1 is 0.913 bits per heavy atom. The van der Waals surface area contributed by atoms with E-state index in [9.17, 15) is 17.6 Å². The van der Waals surface area contributed by atoms with Crippen molar-refractivity contribution in [2.75, 3.05) is 0 Å². The highest BCUT2D eigenvalue weighted by Gasteiger charge is 2.40. The van der Waals surface area contributed by atoms with Crippen LogP contribution in [0, 0.1) is 5.95 Å². The standard InChI is InChI=1S/C16H9ClF4N2/c17-11-8-6-10(7-9-11)13-14(16(19,20)21)22-23(15(13)18)12-4-2-1-3-5-12/h1-9H. The molecule has 0 unspecified atom stereocenters. The first kappa shape index (κ1) is 15.6. The number of hydrogen-bond donors (Lipinski definition) is 0. The highest BCUT2D eigenvalue weighted by Crippen LogP contribution is 2.38. The Morgan fingerprint density at radius 3 is 2.09 bits per heavy atom. The molecular weight excluding hydrogens is 332 g/mol. The lowest BCUT2D eigenvalue weighted by atomic mass is 10.1. The Hall–Kier alpha value is -2.34. The van der Waals surface area contributed by atoms with E-state index in [1.54, 1.807) is 18.2 Å². The van der Waals surface area contributed by atoms with Gasteiger partial charge in [0.1, 0.15) is 0 Å². The number of hydrogen-bond acceptors (Lipinski definition) is 1. The number of nitrogens with zero attached hydrogens (tertiary/aromatic N) is 2. The molecule has 0 aliphatic carbocycles. The molecule has 1 heterocycles. The first-order valence-electron chi connectivity index (χ1n) is 6.55. The number of benzene rings is 2. The topological polar surface area (TPSA) is 17.8 Å². The van der Waals surface area contributed by atoms with E-state index in [4.69, 9.17) is 11.6 Å². The van der Waals surface area contributed by atoms with E-state index in [2.05, 4.69) is 5.10 Å². The van der Waals surface area contributed by atoms with Crippen LogP contribution in [-0.4, -0.2) is 9.78 Å². The van der Waals surface area contributed by atoms with Gasteiger partial charge in [-0.15, -0.1) is 0 Å². The molecule has 3 rings (SSSR count). The predicted octanol–water partition coefficient (Wildman–Crippen LogP) is 5.35. The minimum Gasteiger partial charge on any atom is -0.206 e. The van der Waals surface area contributed by atoms with Crippen LogP contribution in [0.15, 0.2) is 54.6 Å². The van der Waals surface area contributed by atoms with Gasteiger partial charge < -0.3 is 0 Å². The van der Waals surface area contributed by atoms with Gasteiger partial charge in [0.05, 0.1) is 11.3 Å². The molecule has 2 nitrogen and oxygen atoms in total. The van der Waals surface area contributed by atoms with Crippen LogP contribution < -0.4 is 0 Å². The highest BCUT2D eigenvalue weighted by atomic mass is 35.5. The summed E-state index contributed by atoms with van der Waals surface area (Å²) < 4.78 is 55.1. The Balaban J connectivity index is 2.25. The molecule has 2 aromatic carbocycles. The second-order valence-electron chi connectivity index (χ2n) is 4.77. The molecule has 1 aromatic heterocycles. The fourth-order valence-corrected chi connectivity index (χ4v) is 2.33. The van der Waals surface area contributed by atoms with Crippen molar-refractivity contribution in [1.82, 2.24) is 9.78 Å². The fraction of sp³-hybridized carbons (Fsp3) is 0.0625. The van der Waals surface area contributed by atoms with E-state index < -0.39 is 23.4 Å². The van der Waals surface area contributed by atoms with E-state index >= 15 is 0 Å². The van der Waals surface area contributed by atoms with Crippen molar-refractivity contribution in [2.45, 2.75) is 6.18 Å². The Morgan fingerprint density at radius 2 is 1.52 bits per heavy atom. The Bertz CT molecular complexity index is 824. The van der Waals surface area contributed by atoms with Gasteiger partial charge >= 0.3 is 6.18 Å². The first-order valence-corrected chi connectivity index (χ1v) is 6.93. The quantitative estimate of drug-likeness (QED) is 0.575. The molecule has 0 saturated heterocycles. The second kappa shape index (κ2) is 5.70. The van der Waals surface area contributed by atoms with Gasteiger partial charge in [-0.25, -0.2) is 4.68 Å². The predicted molar refractivity (Wildman–Crippen MR) is 79.0 cm³/mol. The van der Waals surface area contributed by atoms with Gasteiger partial charge in [0.2, 0.25) is 5.95 Å². The molecule has 0 saturated carbocycles. The maximum Gasteiger partial charge on any atom is 0.435 e. The van der Waals surface area contributed by atoms with Crippen molar-refractivity contribution in [3.8, 4) is 16.8 Å². The molecule has 0 radical (unpaired) electrons. The third-order valence-corrected chi connectivity index (χ3v) is 3.48. The highest BCUT2D eigenvalue weighted by molar-refractivity contribution is 6.30. The average Bonchev–Trinajstić information content (AvgIpc) is 2.87. The molecule has 3 aromatic rings. The zero-order valence-electron chi connectivity index (χ0n) is 11.5. The minimum absolute atomic E-state index is 0.0569. The summed E-state index contributed by atoms with van der Waals surface area (Å²) in [5.41, 5.74) is -1.61. The van der Waals surface area contributed by atoms with Crippen LogP contribution in [-0.2, 0) is 6.18 Å². The van der Waals surface area contributed by atoms with E-state index in [1.165, 1.54) is 36.4 Å². The Labute approximate surface area is 133 Å². The van der Waals surface area contributed by atoms with Gasteiger partial charge in [-0.1, -0.05) is 41.9 Å². The maximum atomic E-state index is 14.7. The molecule has 7 heteroatoms. The summed E-state index contributed by atoms with van der Waals surface area (Å²) in [6.45, 7) is 0. The zero-order valence-corrected chi connectivity index (χ0v) is 12.2. The van der Waals surface area contributed by atoms with Crippen molar-refractivity contribution in [1.29, 1.82) is 0 Å². The number of para-hydroxylation sites is 1. The number of halogens is 5.